The van der Waals surface area contributed by atoms with Gasteiger partial charge in [0.1, 0.15) is 0 Å². The van der Waals surface area contributed by atoms with Crippen LogP contribution in [-0.4, -0.2) is 18.0 Å². The van der Waals surface area contributed by atoms with Crippen molar-refractivity contribution in [3.63, 3.8) is 0 Å². The van der Waals surface area contributed by atoms with Crippen molar-refractivity contribution in [2.45, 2.75) is 89.9 Å². The van der Waals surface area contributed by atoms with E-state index in [2.05, 4.69) is 71.9 Å². The van der Waals surface area contributed by atoms with Gasteiger partial charge in [-0.3, -0.25) is 0 Å². The Hall–Kier alpha value is -0.990. The number of hydrogen-bond acceptors (Lipinski definition) is 2. The SMILES string of the molecule is C=C1[C@H](Sc2ccccc2)C2=C(C)CC[C@@H](CC3C[C@H](OCC)C[C@H](C)[C@@]13C)C2(C)C. The van der Waals surface area contributed by atoms with Crippen molar-refractivity contribution in [2.24, 2.45) is 28.6 Å². The molecule has 4 rings (SSSR count). The number of thioether (sulfide) groups is 1. The molecule has 1 aromatic rings. The van der Waals surface area contributed by atoms with Crippen molar-refractivity contribution in [2.75, 3.05) is 6.61 Å². The highest BCUT2D eigenvalue weighted by Gasteiger charge is 2.54. The van der Waals surface area contributed by atoms with Crippen molar-refractivity contribution < 1.29 is 4.74 Å². The monoisotopic (exact) mass is 438 g/mol. The number of benzene rings is 1. The predicted molar refractivity (Wildman–Crippen MR) is 134 cm³/mol. The lowest BCUT2D eigenvalue weighted by Gasteiger charge is -2.58. The fourth-order valence-corrected chi connectivity index (χ4v) is 8.79. The maximum Gasteiger partial charge on any atom is 0.0580 e. The van der Waals surface area contributed by atoms with Crippen LogP contribution in [0.1, 0.15) is 73.6 Å². The summed E-state index contributed by atoms with van der Waals surface area (Å²) in [5, 5.41) is 0.360. The molecule has 0 saturated heterocycles. The van der Waals surface area contributed by atoms with Gasteiger partial charge >= 0.3 is 0 Å². The molecule has 0 aromatic heterocycles. The number of rotatable bonds is 4. The molecule has 0 amide bonds. The number of hydrogen-bond donors (Lipinski definition) is 0. The summed E-state index contributed by atoms with van der Waals surface area (Å²) in [6.45, 7) is 20.4. The summed E-state index contributed by atoms with van der Waals surface area (Å²) in [4.78, 5) is 1.36. The molecule has 0 spiro atoms. The van der Waals surface area contributed by atoms with Crippen LogP contribution in [0.3, 0.4) is 0 Å². The zero-order chi connectivity index (χ0) is 22.4. The minimum atomic E-state index is 0.164. The lowest BCUT2D eigenvalue weighted by molar-refractivity contribution is -0.0585. The normalized spacial score (nSPS) is 37.7. The molecule has 2 saturated carbocycles. The van der Waals surface area contributed by atoms with E-state index in [-0.39, 0.29) is 10.8 Å². The first-order valence-electron chi connectivity index (χ1n) is 12.4. The van der Waals surface area contributed by atoms with E-state index in [1.807, 2.05) is 11.8 Å². The van der Waals surface area contributed by atoms with Gasteiger partial charge in [0.05, 0.1) is 11.4 Å². The van der Waals surface area contributed by atoms with E-state index in [4.69, 9.17) is 11.3 Å². The second kappa shape index (κ2) is 8.75. The Morgan fingerprint density at radius 1 is 1.06 bits per heavy atom. The molecule has 1 nitrogen and oxygen atoms in total. The first-order valence-corrected chi connectivity index (χ1v) is 13.3. The maximum atomic E-state index is 6.21. The first kappa shape index (κ1) is 23.2. The lowest BCUT2D eigenvalue weighted by Crippen LogP contribution is -2.51. The minimum absolute atomic E-state index is 0.164. The minimum Gasteiger partial charge on any atom is -0.378 e. The smallest absolute Gasteiger partial charge is 0.0580 e. The molecular weight excluding hydrogens is 396 g/mol. The Kier molecular flexibility index (Phi) is 6.54. The molecule has 2 heteroatoms. The number of allylic oxidation sites excluding steroid dienone is 1. The summed E-state index contributed by atoms with van der Waals surface area (Å²) in [7, 11) is 0. The van der Waals surface area contributed by atoms with Crippen LogP contribution in [0.4, 0.5) is 0 Å². The van der Waals surface area contributed by atoms with E-state index in [1.54, 1.807) is 11.1 Å². The Bertz CT molecular complexity index is 838. The first-order chi connectivity index (χ1) is 14.7. The fourth-order valence-electron chi connectivity index (χ4n) is 7.19. The summed E-state index contributed by atoms with van der Waals surface area (Å²) in [5.74, 6) is 2.00. The zero-order valence-electron chi connectivity index (χ0n) is 20.5. The van der Waals surface area contributed by atoms with Crippen molar-refractivity contribution in [1.82, 2.24) is 0 Å². The van der Waals surface area contributed by atoms with Crippen LogP contribution in [0.25, 0.3) is 0 Å². The third-order valence-corrected chi connectivity index (χ3v) is 10.6. The Labute approximate surface area is 195 Å². The summed E-state index contributed by atoms with van der Waals surface area (Å²) >= 11 is 2.05. The summed E-state index contributed by atoms with van der Waals surface area (Å²) in [5.41, 5.74) is 5.16. The molecule has 0 N–H and O–H groups in total. The highest BCUT2D eigenvalue weighted by molar-refractivity contribution is 8.00. The predicted octanol–water partition coefficient (Wildman–Crippen LogP) is 8.32. The third-order valence-electron chi connectivity index (χ3n) is 9.32. The quantitative estimate of drug-likeness (QED) is 0.437. The van der Waals surface area contributed by atoms with Crippen molar-refractivity contribution in [1.29, 1.82) is 0 Å². The highest BCUT2D eigenvalue weighted by atomic mass is 32.2. The van der Waals surface area contributed by atoms with Gasteiger partial charge in [-0.2, -0.15) is 0 Å². The van der Waals surface area contributed by atoms with Gasteiger partial charge in [-0.25, -0.2) is 0 Å². The molecular formula is C29H42OS. The third kappa shape index (κ3) is 3.97. The summed E-state index contributed by atoms with van der Waals surface area (Å²) in [6, 6.07) is 11.0. The van der Waals surface area contributed by atoms with Crippen LogP contribution < -0.4 is 0 Å². The molecule has 0 aliphatic heterocycles. The van der Waals surface area contributed by atoms with Crippen LogP contribution >= 0.6 is 11.8 Å². The van der Waals surface area contributed by atoms with Gasteiger partial charge in [-0.15, -0.1) is 11.8 Å². The molecule has 2 fully saturated rings. The van der Waals surface area contributed by atoms with Gasteiger partial charge in [0.25, 0.3) is 0 Å². The summed E-state index contributed by atoms with van der Waals surface area (Å²) < 4.78 is 6.21. The second-order valence-corrected chi connectivity index (χ2v) is 12.3. The van der Waals surface area contributed by atoms with E-state index in [1.165, 1.54) is 36.2 Å². The van der Waals surface area contributed by atoms with E-state index < -0.39 is 0 Å². The maximum absolute atomic E-state index is 6.21. The molecule has 1 unspecified atom stereocenters. The molecule has 3 aliphatic carbocycles. The fraction of sp³-hybridized carbons (Fsp3) is 0.655. The topological polar surface area (TPSA) is 9.23 Å². The molecule has 2 bridgehead atoms. The Morgan fingerprint density at radius 2 is 1.77 bits per heavy atom. The highest BCUT2D eigenvalue weighted by Crippen LogP contribution is 2.63. The van der Waals surface area contributed by atoms with E-state index in [9.17, 15) is 0 Å². The van der Waals surface area contributed by atoms with Crippen molar-refractivity contribution in [3.05, 3.63) is 53.6 Å². The Balaban J connectivity index is 1.82. The van der Waals surface area contributed by atoms with E-state index in [0.29, 0.717) is 23.2 Å². The van der Waals surface area contributed by atoms with E-state index >= 15 is 0 Å². The van der Waals surface area contributed by atoms with E-state index in [0.717, 1.165) is 18.9 Å². The van der Waals surface area contributed by atoms with Gasteiger partial charge in [-0.1, -0.05) is 63.6 Å². The van der Waals surface area contributed by atoms with Gasteiger partial charge < -0.3 is 4.74 Å². The van der Waals surface area contributed by atoms with Gasteiger partial charge in [0.2, 0.25) is 0 Å². The molecule has 6 atom stereocenters. The molecule has 1 aromatic carbocycles. The van der Waals surface area contributed by atoms with Gasteiger partial charge in [0, 0.05) is 11.5 Å². The average molecular weight is 439 g/mol. The van der Waals surface area contributed by atoms with Crippen LogP contribution in [0.2, 0.25) is 0 Å². The van der Waals surface area contributed by atoms with Crippen molar-refractivity contribution in [3.8, 4) is 0 Å². The summed E-state index contributed by atoms with van der Waals surface area (Å²) in [6.07, 6.45) is 6.66. The number of ether oxygens (including phenoxy) is 1. The molecule has 31 heavy (non-hydrogen) atoms. The molecule has 3 aliphatic rings. The second-order valence-electron chi connectivity index (χ2n) is 11.2. The molecule has 0 heterocycles. The van der Waals surface area contributed by atoms with Crippen LogP contribution in [0.5, 0.6) is 0 Å². The van der Waals surface area contributed by atoms with Crippen LogP contribution in [-0.2, 0) is 4.74 Å². The largest absolute Gasteiger partial charge is 0.378 e. The molecule has 170 valence electrons. The lowest BCUT2D eigenvalue weighted by atomic mass is 9.49. The van der Waals surface area contributed by atoms with Gasteiger partial charge in [0.15, 0.2) is 0 Å². The van der Waals surface area contributed by atoms with Crippen molar-refractivity contribution >= 4 is 11.8 Å². The number of fused-ring (bicyclic) bond motifs is 3. The standard InChI is InChI=1S/C29H42OS/c1-8-30-24-16-20(3)29(7)21(4)27(31-25-12-10-9-11-13-25)26-19(2)14-15-22(28(26,5)6)17-23(29)18-24/h9-13,20,22-24,27H,4,8,14-18H2,1-3,5-7H3/t20-,22-,23?,24+,27-,29-/m0/s1. The zero-order valence-corrected chi connectivity index (χ0v) is 21.4. The Morgan fingerprint density at radius 3 is 2.45 bits per heavy atom. The van der Waals surface area contributed by atoms with Crippen LogP contribution in [0, 0.1) is 28.6 Å². The van der Waals surface area contributed by atoms with Gasteiger partial charge in [-0.05, 0) is 92.2 Å². The van der Waals surface area contributed by atoms with Crippen LogP contribution in [0.15, 0.2) is 58.5 Å². The average Bonchev–Trinajstić information content (AvgIpc) is 2.72. The molecule has 0 radical (unpaired) electrons.